The number of nitrogens with zero attached hydrogens (tertiary/aromatic N) is 1. The van der Waals surface area contributed by atoms with Crippen molar-refractivity contribution >= 4 is 23.3 Å². The lowest BCUT2D eigenvalue weighted by Gasteiger charge is -2.27. The van der Waals surface area contributed by atoms with Gasteiger partial charge in [-0.3, -0.25) is 4.79 Å². The van der Waals surface area contributed by atoms with E-state index in [-0.39, 0.29) is 11.1 Å². The summed E-state index contributed by atoms with van der Waals surface area (Å²) < 4.78 is 5.75. The Hall–Kier alpha value is -1.46. The monoisotopic (exact) mass is 304 g/mol. The van der Waals surface area contributed by atoms with Crippen molar-refractivity contribution < 1.29 is 9.53 Å². The molecule has 1 aromatic rings. The van der Waals surface area contributed by atoms with Gasteiger partial charge in [-0.15, -0.1) is 0 Å². The fourth-order valence-corrected chi connectivity index (χ4v) is 3.33. The van der Waals surface area contributed by atoms with Crippen molar-refractivity contribution in [1.82, 2.24) is 10.4 Å². The molecule has 0 radical (unpaired) electrons. The summed E-state index contributed by atoms with van der Waals surface area (Å²) in [4.78, 5) is 12.8. The van der Waals surface area contributed by atoms with Gasteiger partial charge in [0.15, 0.2) is 0 Å². The van der Waals surface area contributed by atoms with Gasteiger partial charge in [0.25, 0.3) is 11.1 Å². The number of hydrazine groups is 1. The third kappa shape index (κ3) is 2.68. The Morgan fingerprint density at radius 2 is 1.90 bits per heavy atom. The van der Waals surface area contributed by atoms with Gasteiger partial charge in [-0.05, 0) is 32.0 Å². The second-order valence-corrected chi connectivity index (χ2v) is 6.22. The molecule has 4 nitrogen and oxygen atoms in total. The fraction of sp³-hybridized carbons (Fsp3) is 0.500. The Bertz CT molecular complexity index is 542. The molecule has 1 heterocycles. The van der Waals surface area contributed by atoms with Crippen molar-refractivity contribution in [1.29, 1.82) is 0 Å². The van der Waals surface area contributed by atoms with Gasteiger partial charge in [-0.25, -0.2) is 5.43 Å². The number of benzene rings is 1. The summed E-state index contributed by atoms with van der Waals surface area (Å²) in [5, 5.41) is 1.65. The Balaban J connectivity index is 1.78. The molecule has 21 heavy (non-hydrogen) atoms. The maximum absolute atomic E-state index is 12.8. The van der Waals surface area contributed by atoms with E-state index in [4.69, 9.17) is 17.0 Å². The second-order valence-electron chi connectivity index (χ2n) is 5.87. The quantitative estimate of drug-likeness (QED) is 0.872. The van der Waals surface area contributed by atoms with E-state index in [1.54, 1.807) is 6.92 Å². The van der Waals surface area contributed by atoms with E-state index in [2.05, 4.69) is 5.43 Å². The Morgan fingerprint density at radius 3 is 2.57 bits per heavy atom. The van der Waals surface area contributed by atoms with Crippen LogP contribution in [-0.2, 0) is 15.1 Å². The van der Waals surface area contributed by atoms with Crippen LogP contribution >= 0.6 is 12.2 Å². The lowest BCUT2D eigenvalue weighted by molar-refractivity contribution is -0.138. The lowest BCUT2D eigenvalue weighted by Crippen LogP contribution is -2.50. The van der Waals surface area contributed by atoms with E-state index in [1.165, 1.54) is 24.3 Å². The molecule has 5 heteroatoms. The average molecular weight is 304 g/mol. The maximum atomic E-state index is 12.8. The summed E-state index contributed by atoms with van der Waals surface area (Å²) in [6, 6.07) is 9.81. The van der Waals surface area contributed by atoms with Gasteiger partial charge >= 0.3 is 0 Å². The summed E-state index contributed by atoms with van der Waals surface area (Å²) in [6.45, 7) is 1.78. The summed E-state index contributed by atoms with van der Waals surface area (Å²) in [6.07, 6.45) is 5.82. The second kappa shape index (κ2) is 5.73. The first kappa shape index (κ1) is 14.5. The topological polar surface area (TPSA) is 41.6 Å². The first-order valence-corrected chi connectivity index (χ1v) is 7.91. The molecule has 1 amide bonds. The van der Waals surface area contributed by atoms with Crippen LogP contribution in [0.2, 0.25) is 0 Å². The highest BCUT2D eigenvalue weighted by Crippen LogP contribution is 2.34. The molecule has 1 saturated carbocycles. The molecule has 1 aliphatic heterocycles. The van der Waals surface area contributed by atoms with Gasteiger partial charge in [0, 0.05) is 11.6 Å². The van der Waals surface area contributed by atoms with E-state index < -0.39 is 5.60 Å². The zero-order chi connectivity index (χ0) is 14.9. The van der Waals surface area contributed by atoms with Gasteiger partial charge in [-0.2, -0.15) is 5.01 Å². The van der Waals surface area contributed by atoms with Crippen molar-refractivity contribution in [2.75, 3.05) is 0 Å². The molecule has 1 N–H and O–H groups in total. The molecule has 0 bridgehead atoms. The third-order valence-corrected chi connectivity index (χ3v) is 4.59. The van der Waals surface area contributed by atoms with Crippen LogP contribution in [0.15, 0.2) is 30.3 Å². The number of amides is 1. The minimum Gasteiger partial charge on any atom is -0.448 e. The Morgan fingerprint density at radius 1 is 1.24 bits per heavy atom. The maximum Gasteiger partial charge on any atom is 0.293 e. The minimum absolute atomic E-state index is 0.135. The summed E-state index contributed by atoms with van der Waals surface area (Å²) in [5.74, 6) is -0.135. The fourth-order valence-electron chi connectivity index (χ4n) is 3.02. The normalized spacial score (nSPS) is 27.0. The molecular formula is C16H20N2O2S. The predicted molar refractivity (Wildman–Crippen MR) is 84.3 cm³/mol. The molecule has 1 aliphatic carbocycles. The van der Waals surface area contributed by atoms with Crippen LogP contribution in [0, 0.1) is 0 Å². The summed E-state index contributed by atoms with van der Waals surface area (Å²) in [7, 11) is 0. The molecule has 3 rings (SSSR count). The number of ether oxygens (including phenoxy) is 1. The van der Waals surface area contributed by atoms with Crippen molar-refractivity contribution in [3.05, 3.63) is 35.9 Å². The van der Waals surface area contributed by atoms with E-state index in [0.29, 0.717) is 6.04 Å². The van der Waals surface area contributed by atoms with Crippen molar-refractivity contribution in [2.24, 2.45) is 0 Å². The van der Waals surface area contributed by atoms with Crippen molar-refractivity contribution in [2.45, 2.75) is 50.7 Å². The van der Waals surface area contributed by atoms with Crippen molar-refractivity contribution in [3.63, 3.8) is 0 Å². The summed E-state index contributed by atoms with van der Waals surface area (Å²) in [5.41, 5.74) is 3.06. The SMILES string of the molecule is CC1(c2ccccc2)OC(=S)N(NC2CCCCC2)C1=O. The molecular weight excluding hydrogens is 284 g/mol. The van der Waals surface area contributed by atoms with Crippen LogP contribution < -0.4 is 5.43 Å². The number of carbonyl (C=O) groups excluding carboxylic acids is 1. The Kier molecular flexibility index (Phi) is 3.95. The molecule has 2 fully saturated rings. The largest absolute Gasteiger partial charge is 0.448 e. The van der Waals surface area contributed by atoms with Gasteiger partial charge in [-0.1, -0.05) is 49.6 Å². The van der Waals surface area contributed by atoms with Crippen LogP contribution in [0.25, 0.3) is 0 Å². The van der Waals surface area contributed by atoms with E-state index in [9.17, 15) is 4.79 Å². The minimum atomic E-state index is -1.03. The van der Waals surface area contributed by atoms with Gasteiger partial charge in [0.1, 0.15) is 0 Å². The zero-order valence-corrected chi connectivity index (χ0v) is 13.0. The van der Waals surface area contributed by atoms with Crippen LogP contribution in [-0.4, -0.2) is 22.1 Å². The molecule has 0 aromatic heterocycles. The van der Waals surface area contributed by atoms with E-state index in [0.717, 1.165) is 18.4 Å². The van der Waals surface area contributed by atoms with Crippen molar-refractivity contribution in [3.8, 4) is 0 Å². The van der Waals surface area contributed by atoms with Gasteiger partial charge in [0.2, 0.25) is 5.60 Å². The predicted octanol–water partition coefficient (Wildman–Crippen LogP) is 2.88. The summed E-state index contributed by atoms with van der Waals surface area (Å²) >= 11 is 5.26. The number of nitrogens with one attached hydrogen (secondary N) is 1. The third-order valence-electron chi connectivity index (χ3n) is 4.33. The smallest absolute Gasteiger partial charge is 0.293 e. The zero-order valence-electron chi connectivity index (χ0n) is 12.2. The standard InChI is InChI=1S/C16H20N2O2S/c1-16(12-8-4-2-5-9-12)14(19)18(15(21)20-16)17-13-10-6-3-7-11-13/h2,4-5,8-9,13,17H,3,6-7,10-11H2,1H3. The number of rotatable bonds is 3. The first-order chi connectivity index (χ1) is 10.1. The van der Waals surface area contributed by atoms with Crippen LogP contribution in [0.5, 0.6) is 0 Å². The Labute approximate surface area is 130 Å². The average Bonchev–Trinajstić information content (AvgIpc) is 2.74. The van der Waals surface area contributed by atoms with Gasteiger partial charge in [0.05, 0.1) is 0 Å². The molecule has 112 valence electrons. The molecule has 1 saturated heterocycles. The van der Waals surface area contributed by atoms with Crippen LogP contribution in [0.1, 0.15) is 44.6 Å². The van der Waals surface area contributed by atoms with Crippen LogP contribution in [0.4, 0.5) is 0 Å². The molecule has 1 unspecified atom stereocenters. The first-order valence-electron chi connectivity index (χ1n) is 7.50. The highest BCUT2D eigenvalue weighted by atomic mass is 32.1. The lowest BCUT2D eigenvalue weighted by atomic mass is 9.95. The highest BCUT2D eigenvalue weighted by Gasteiger charge is 2.50. The number of thiocarbonyl (C=S) groups is 1. The van der Waals surface area contributed by atoms with E-state index in [1.807, 2.05) is 30.3 Å². The molecule has 1 atom stereocenters. The van der Waals surface area contributed by atoms with E-state index >= 15 is 0 Å². The van der Waals surface area contributed by atoms with Gasteiger partial charge < -0.3 is 4.74 Å². The molecule has 1 aromatic carbocycles. The number of hydrogen-bond donors (Lipinski definition) is 1. The number of hydrogen-bond acceptors (Lipinski definition) is 4. The molecule has 0 spiro atoms. The molecule has 2 aliphatic rings. The highest BCUT2D eigenvalue weighted by molar-refractivity contribution is 7.80. The number of carbonyl (C=O) groups is 1. The van der Waals surface area contributed by atoms with Crippen LogP contribution in [0.3, 0.4) is 0 Å².